The second-order valence-corrected chi connectivity index (χ2v) is 7.69. The van der Waals surface area contributed by atoms with Gasteiger partial charge in [-0.15, -0.1) is 0 Å². The Labute approximate surface area is 155 Å². The number of hydrogen-bond donors (Lipinski definition) is 1. The third kappa shape index (κ3) is 3.33. The predicted octanol–water partition coefficient (Wildman–Crippen LogP) is 2.74. The molecular weight excluding hydrogens is 328 g/mol. The Bertz CT molecular complexity index is 791. The van der Waals surface area contributed by atoms with Crippen LogP contribution >= 0.6 is 0 Å². The van der Waals surface area contributed by atoms with Crippen molar-refractivity contribution in [3.05, 3.63) is 47.3 Å². The van der Waals surface area contributed by atoms with Crippen LogP contribution in [0.5, 0.6) is 5.75 Å². The third-order valence-electron chi connectivity index (χ3n) is 4.88. The third-order valence-corrected chi connectivity index (χ3v) is 4.88. The average molecular weight is 356 g/mol. The van der Waals surface area contributed by atoms with Crippen LogP contribution in [0, 0.1) is 6.92 Å². The first-order valence-electron chi connectivity index (χ1n) is 9.04. The molecule has 1 N–H and O–H groups in total. The van der Waals surface area contributed by atoms with Gasteiger partial charge in [-0.1, -0.05) is 18.2 Å². The number of carbonyl (C=O) groups is 1. The number of carbonyl (C=O) groups excluding carboxylic acids is 1. The molecule has 6 nitrogen and oxygen atoms in total. The van der Waals surface area contributed by atoms with Crippen molar-refractivity contribution >= 4 is 5.91 Å². The topological polar surface area (TPSA) is 59.4 Å². The van der Waals surface area contributed by atoms with Crippen LogP contribution in [-0.2, 0) is 5.54 Å². The first-order valence-corrected chi connectivity index (χ1v) is 9.04. The van der Waals surface area contributed by atoms with Crippen LogP contribution in [0.25, 0.3) is 0 Å². The molecule has 1 aromatic carbocycles. The van der Waals surface area contributed by atoms with Crippen LogP contribution in [-0.4, -0.2) is 47.3 Å². The summed E-state index contributed by atoms with van der Waals surface area (Å²) in [5, 5.41) is 7.86. The fraction of sp³-hybridized carbons (Fsp3) is 0.500. The number of amides is 1. The molecule has 0 bridgehead atoms. The second-order valence-electron chi connectivity index (χ2n) is 7.69. The van der Waals surface area contributed by atoms with Gasteiger partial charge in [0, 0.05) is 30.9 Å². The molecule has 26 heavy (non-hydrogen) atoms. The Hall–Kier alpha value is -2.34. The lowest BCUT2D eigenvalue weighted by atomic mass is 10.0. The van der Waals surface area contributed by atoms with Gasteiger partial charge in [-0.25, -0.2) is 0 Å². The van der Waals surface area contributed by atoms with Gasteiger partial charge in [0.25, 0.3) is 5.91 Å². The molecule has 1 saturated heterocycles. The number of nitrogens with one attached hydrogen (secondary N) is 1. The van der Waals surface area contributed by atoms with Crippen molar-refractivity contribution in [1.82, 2.24) is 20.0 Å². The van der Waals surface area contributed by atoms with E-state index in [0.29, 0.717) is 18.7 Å². The molecular formula is C20H28N4O2. The highest BCUT2D eigenvalue weighted by atomic mass is 16.5. The molecule has 1 aliphatic heterocycles. The smallest absolute Gasteiger partial charge is 0.257 e. The predicted molar refractivity (Wildman–Crippen MR) is 102 cm³/mol. The van der Waals surface area contributed by atoms with Crippen molar-refractivity contribution in [2.75, 3.05) is 26.7 Å². The SMILES string of the molecule is COc1ccccc1C1CNCCN1C(=O)c1cnn(C(C)(C)C)c1C. The number of para-hydroxylation sites is 1. The number of nitrogens with zero attached hydrogens (tertiary/aromatic N) is 3. The van der Waals surface area contributed by atoms with E-state index in [2.05, 4.69) is 31.2 Å². The van der Waals surface area contributed by atoms with E-state index in [9.17, 15) is 4.79 Å². The summed E-state index contributed by atoms with van der Waals surface area (Å²) in [4.78, 5) is 15.3. The largest absolute Gasteiger partial charge is 0.496 e. The lowest BCUT2D eigenvalue weighted by Gasteiger charge is -2.37. The summed E-state index contributed by atoms with van der Waals surface area (Å²) in [6.45, 7) is 10.4. The maximum Gasteiger partial charge on any atom is 0.257 e. The van der Waals surface area contributed by atoms with Gasteiger partial charge in [0.15, 0.2) is 0 Å². The minimum atomic E-state index is -0.159. The van der Waals surface area contributed by atoms with Gasteiger partial charge in [0.05, 0.1) is 30.5 Å². The molecule has 140 valence electrons. The Morgan fingerprint density at radius 1 is 1.31 bits per heavy atom. The molecule has 1 aliphatic rings. The van der Waals surface area contributed by atoms with E-state index >= 15 is 0 Å². The van der Waals surface area contributed by atoms with E-state index in [4.69, 9.17) is 4.74 Å². The monoisotopic (exact) mass is 356 g/mol. The zero-order valence-electron chi connectivity index (χ0n) is 16.2. The highest BCUT2D eigenvalue weighted by Crippen LogP contribution is 2.31. The first-order chi connectivity index (χ1) is 12.3. The van der Waals surface area contributed by atoms with Crippen LogP contribution in [0.2, 0.25) is 0 Å². The summed E-state index contributed by atoms with van der Waals surface area (Å²) < 4.78 is 7.44. The number of benzene rings is 1. The number of hydrogen-bond acceptors (Lipinski definition) is 4. The summed E-state index contributed by atoms with van der Waals surface area (Å²) in [5.74, 6) is 0.830. The highest BCUT2D eigenvalue weighted by Gasteiger charge is 2.32. The molecule has 6 heteroatoms. The average Bonchev–Trinajstić information content (AvgIpc) is 3.03. The molecule has 1 atom stereocenters. The van der Waals surface area contributed by atoms with Gasteiger partial charge >= 0.3 is 0 Å². The van der Waals surface area contributed by atoms with Crippen LogP contribution in [0.1, 0.15) is 48.4 Å². The highest BCUT2D eigenvalue weighted by molar-refractivity contribution is 5.95. The molecule has 0 spiro atoms. The van der Waals surface area contributed by atoms with Crippen molar-refractivity contribution in [3.63, 3.8) is 0 Å². The van der Waals surface area contributed by atoms with Gasteiger partial charge in [-0.05, 0) is 33.8 Å². The van der Waals surface area contributed by atoms with E-state index in [1.165, 1.54) is 0 Å². The zero-order valence-corrected chi connectivity index (χ0v) is 16.2. The number of methoxy groups -OCH3 is 1. The van der Waals surface area contributed by atoms with Gasteiger partial charge < -0.3 is 15.0 Å². The van der Waals surface area contributed by atoms with Gasteiger partial charge in [-0.2, -0.15) is 5.10 Å². The number of aromatic nitrogens is 2. The van der Waals surface area contributed by atoms with Crippen LogP contribution < -0.4 is 10.1 Å². The normalized spacial score (nSPS) is 18.0. The van der Waals surface area contributed by atoms with Crippen LogP contribution in [0.15, 0.2) is 30.5 Å². The molecule has 2 aromatic rings. The zero-order chi connectivity index (χ0) is 18.9. The van der Waals surface area contributed by atoms with Crippen LogP contribution in [0.4, 0.5) is 0 Å². The van der Waals surface area contributed by atoms with E-state index in [1.54, 1.807) is 13.3 Å². The quantitative estimate of drug-likeness (QED) is 0.919. The molecule has 0 radical (unpaired) electrons. The van der Waals surface area contributed by atoms with Crippen molar-refractivity contribution < 1.29 is 9.53 Å². The fourth-order valence-electron chi connectivity index (χ4n) is 3.62. The molecule has 1 amide bonds. The molecule has 2 heterocycles. The van der Waals surface area contributed by atoms with E-state index < -0.39 is 0 Å². The van der Waals surface area contributed by atoms with E-state index in [-0.39, 0.29) is 17.5 Å². The Morgan fingerprint density at radius 2 is 2.04 bits per heavy atom. The van der Waals surface area contributed by atoms with Crippen molar-refractivity contribution in [2.45, 2.75) is 39.3 Å². The minimum Gasteiger partial charge on any atom is -0.496 e. The number of rotatable bonds is 3. The lowest BCUT2D eigenvalue weighted by molar-refractivity contribution is 0.0630. The maximum absolute atomic E-state index is 13.3. The Morgan fingerprint density at radius 3 is 2.69 bits per heavy atom. The summed E-state index contributed by atoms with van der Waals surface area (Å²) >= 11 is 0. The molecule has 3 rings (SSSR count). The molecule has 0 aliphatic carbocycles. The standard InChI is InChI=1S/C20H28N4O2/c1-14-16(12-22-24(14)20(2,3)4)19(25)23-11-10-21-13-17(23)15-8-6-7-9-18(15)26-5/h6-9,12,17,21H,10-11,13H2,1-5H3. The van der Waals surface area contributed by atoms with Gasteiger partial charge in [-0.3, -0.25) is 9.48 Å². The molecule has 0 saturated carbocycles. The second kappa shape index (κ2) is 7.11. The number of piperazine rings is 1. The van der Waals surface area contributed by atoms with Crippen molar-refractivity contribution in [3.8, 4) is 5.75 Å². The summed E-state index contributed by atoms with van der Waals surface area (Å²) in [6.07, 6.45) is 1.70. The summed E-state index contributed by atoms with van der Waals surface area (Å²) in [5.41, 5.74) is 2.44. The van der Waals surface area contributed by atoms with Gasteiger partial charge in [0.2, 0.25) is 0 Å². The lowest BCUT2D eigenvalue weighted by Crippen LogP contribution is -2.48. The first kappa shape index (κ1) is 18.5. The number of ether oxygens (including phenoxy) is 1. The van der Waals surface area contributed by atoms with Crippen molar-refractivity contribution in [2.24, 2.45) is 0 Å². The molecule has 1 unspecified atom stereocenters. The minimum absolute atomic E-state index is 0.0235. The summed E-state index contributed by atoms with van der Waals surface area (Å²) in [7, 11) is 1.67. The van der Waals surface area contributed by atoms with E-state index in [1.807, 2.05) is 40.8 Å². The van der Waals surface area contributed by atoms with E-state index in [0.717, 1.165) is 23.6 Å². The molecule has 1 aromatic heterocycles. The molecule has 1 fully saturated rings. The summed E-state index contributed by atoms with van der Waals surface area (Å²) in [6, 6.07) is 7.84. The Kier molecular flexibility index (Phi) is 5.05. The fourth-order valence-corrected chi connectivity index (χ4v) is 3.62. The van der Waals surface area contributed by atoms with Gasteiger partial charge in [0.1, 0.15) is 5.75 Å². The maximum atomic E-state index is 13.3. The Balaban J connectivity index is 1.96. The van der Waals surface area contributed by atoms with Crippen molar-refractivity contribution in [1.29, 1.82) is 0 Å². The van der Waals surface area contributed by atoms with Crippen LogP contribution in [0.3, 0.4) is 0 Å².